The van der Waals surface area contributed by atoms with Crippen LogP contribution in [0.4, 0.5) is 0 Å². The second-order valence-electron chi connectivity index (χ2n) is 5.51. The second-order valence-corrected chi connectivity index (χ2v) is 7.60. The van der Waals surface area contributed by atoms with Gasteiger partial charge in [-0.15, -0.1) is 0 Å². The van der Waals surface area contributed by atoms with E-state index < -0.39 is 10.0 Å². The summed E-state index contributed by atoms with van der Waals surface area (Å²) in [5.41, 5.74) is 0. The van der Waals surface area contributed by atoms with E-state index in [1.165, 1.54) is 0 Å². The number of hydrogen-bond donors (Lipinski definition) is 0. The molecule has 2 saturated heterocycles. The first-order valence-corrected chi connectivity index (χ1v) is 8.93. The van der Waals surface area contributed by atoms with E-state index in [9.17, 15) is 13.2 Å². The van der Waals surface area contributed by atoms with Crippen LogP contribution in [0.5, 0.6) is 0 Å². The van der Waals surface area contributed by atoms with Crippen LogP contribution < -0.4 is 0 Å². The molecule has 2 aliphatic heterocycles. The Labute approximate surface area is 116 Å². The molecule has 19 heavy (non-hydrogen) atoms. The summed E-state index contributed by atoms with van der Waals surface area (Å²) in [6.45, 7) is 3.91. The van der Waals surface area contributed by atoms with Gasteiger partial charge >= 0.3 is 0 Å². The van der Waals surface area contributed by atoms with E-state index in [1.807, 2.05) is 11.8 Å². The fourth-order valence-corrected chi connectivity index (χ4v) is 4.66. The zero-order chi connectivity index (χ0) is 13.9. The number of carbonyl (C=O) groups is 1. The highest BCUT2D eigenvalue weighted by atomic mass is 32.2. The van der Waals surface area contributed by atoms with Crippen LogP contribution in [0.3, 0.4) is 0 Å². The summed E-state index contributed by atoms with van der Waals surface area (Å²) in [6.07, 6.45) is 4.94. The molecule has 0 unspecified atom stereocenters. The van der Waals surface area contributed by atoms with E-state index >= 15 is 0 Å². The summed E-state index contributed by atoms with van der Waals surface area (Å²) in [5, 5.41) is 0. The van der Waals surface area contributed by atoms with E-state index in [0.717, 1.165) is 32.2 Å². The topological polar surface area (TPSA) is 57.7 Å². The summed E-state index contributed by atoms with van der Waals surface area (Å²) in [5.74, 6) is 0.433. The Morgan fingerprint density at radius 3 is 2.68 bits per heavy atom. The summed E-state index contributed by atoms with van der Waals surface area (Å²) >= 11 is 0. The molecule has 0 radical (unpaired) electrons. The predicted octanol–water partition coefficient (Wildman–Crippen LogP) is 1.20. The van der Waals surface area contributed by atoms with Crippen molar-refractivity contribution in [3.05, 3.63) is 0 Å². The van der Waals surface area contributed by atoms with Crippen LogP contribution >= 0.6 is 0 Å². The lowest BCUT2D eigenvalue weighted by Gasteiger charge is -2.36. The molecular weight excluding hydrogens is 264 g/mol. The Kier molecular flexibility index (Phi) is 4.84. The van der Waals surface area contributed by atoms with Crippen LogP contribution in [0.2, 0.25) is 0 Å². The van der Waals surface area contributed by atoms with Gasteiger partial charge in [-0.3, -0.25) is 4.79 Å². The molecule has 2 aliphatic rings. The quantitative estimate of drug-likeness (QED) is 0.764. The molecule has 0 bridgehead atoms. The largest absolute Gasteiger partial charge is 0.338 e. The Bertz CT molecular complexity index is 422. The Balaban J connectivity index is 1.98. The van der Waals surface area contributed by atoms with Gasteiger partial charge in [0.25, 0.3) is 0 Å². The van der Waals surface area contributed by atoms with Crippen molar-refractivity contribution in [2.24, 2.45) is 0 Å². The first-order chi connectivity index (χ1) is 9.04. The Morgan fingerprint density at radius 1 is 1.26 bits per heavy atom. The summed E-state index contributed by atoms with van der Waals surface area (Å²) in [7, 11) is -3.13. The molecule has 0 aromatic carbocycles. The van der Waals surface area contributed by atoms with Gasteiger partial charge < -0.3 is 4.90 Å². The SMILES string of the molecule is CCCCS(=O)(=O)N1CCC[C@@H](N2CCCC2=O)C1. The number of rotatable bonds is 5. The fraction of sp³-hybridized carbons (Fsp3) is 0.923. The monoisotopic (exact) mass is 288 g/mol. The third-order valence-corrected chi connectivity index (χ3v) is 5.98. The van der Waals surface area contributed by atoms with Gasteiger partial charge in [0.2, 0.25) is 15.9 Å². The number of carbonyl (C=O) groups excluding carboxylic acids is 1. The van der Waals surface area contributed by atoms with E-state index in [0.29, 0.717) is 25.9 Å². The molecule has 0 aromatic rings. The summed E-state index contributed by atoms with van der Waals surface area (Å²) < 4.78 is 26.0. The maximum absolute atomic E-state index is 12.2. The predicted molar refractivity (Wildman–Crippen MR) is 74.2 cm³/mol. The molecule has 0 N–H and O–H groups in total. The number of sulfonamides is 1. The van der Waals surface area contributed by atoms with Crippen LogP contribution in [0.25, 0.3) is 0 Å². The van der Waals surface area contributed by atoms with Gasteiger partial charge in [-0.05, 0) is 25.7 Å². The van der Waals surface area contributed by atoms with Crippen molar-refractivity contribution in [3.63, 3.8) is 0 Å². The van der Waals surface area contributed by atoms with Crippen molar-refractivity contribution >= 4 is 15.9 Å². The minimum atomic E-state index is -3.13. The van der Waals surface area contributed by atoms with Crippen molar-refractivity contribution < 1.29 is 13.2 Å². The average molecular weight is 288 g/mol. The number of likely N-dealkylation sites (tertiary alicyclic amines) is 1. The molecule has 2 heterocycles. The van der Waals surface area contributed by atoms with Gasteiger partial charge in [0.1, 0.15) is 0 Å². The second kappa shape index (κ2) is 6.22. The smallest absolute Gasteiger partial charge is 0.222 e. The van der Waals surface area contributed by atoms with Gasteiger partial charge in [-0.1, -0.05) is 13.3 Å². The van der Waals surface area contributed by atoms with Crippen LogP contribution in [-0.2, 0) is 14.8 Å². The highest BCUT2D eigenvalue weighted by molar-refractivity contribution is 7.89. The molecule has 0 aromatic heterocycles. The van der Waals surface area contributed by atoms with Gasteiger partial charge in [-0.2, -0.15) is 4.31 Å². The highest BCUT2D eigenvalue weighted by Gasteiger charge is 2.34. The number of hydrogen-bond acceptors (Lipinski definition) is 3. The normalized spacial score (nSPS) is 26.1. The number of piperidine rings is 1. The van der Waals surface area contributed by atoms with Crippen molar-refractivity contribution in [1.29, 1.82) is 0 Å². The lowest BCUT2D eigenvalue weighted by atomic mass is 10.1. The fourth-order valence-electron chi connectivity index (χ4n) is 2.94. The molecule has 2 fully saturated rings. The van der Waals surface area contributed by atoms with Gasteiger partial charge in [0, 0.05) is 32.1 Å². The molecule has 1 amide bonds. The molecule has 110 valence electrons. The molecule has 5 nitrogen and oxygen atoms in total. The van der Waals surface area contributed by atoms with Crippen molar-refractivity contribution in [3.8, 4) is 0 Å². The zero-order valence-electron chi connectivity index (χ0n) is 11.7. The van der Waals surface area contributed by atoms with Gasteiger partial charge in [0.05, 0.1) is 5.75 Å². The molecule has 0 aliphatic carbocycles. The van der Waals surface area contributed by atoms with E-state index in [-0.39, 0.29) is 17.7 Å². The van der Waals surface area contributed by atoms with Crippen molar-refractivity contribution in [2.45, 2.75) is 51.5 Å². The zero-order valence-corrected chi connectivity index (χ0v) is 12.5. The first kappa shape index (κ1) is 14.8. The van der Waals surface area contributed by atoms with Crippen LogP contribution in [-0.4, -0.2) is 55.0 Å². The number of nitrogens with zero attached hydrogens (tertiary/aromatic N) is 2. The van der Waals surface area contributed by atoms with Gasteiger partial charge in [-0.25, -0.2) is 8.42 Å². The number of amides is 1. The van der Waals surface area contributed by atoms with Crippen LogP contribution in [0, 0.1) is 0 Å². The summed E-state index contributed by atoms with van der Waals surface area (Å²) in [6, 6.07) is 0.0974. The minimum Gasteiger partial charge on any atom is -0.338 e. The van der Waals surface area contributed by atoms with Crippen LogP contribution in [0.15, 0.2) is 0 Å². The lowest BCUT2D eigenvalue weighted by molar-refractivity contribution is -0.130. The van der Waals surface area contributed by atoms with Crippen LogP contribution in [0.1, 0.15) is 45.4 Å². The Morgan fingerprint density at radius 2 is 2.05 bits per heavy atom. The Hall–Kier alpha value is -0.620. The molecule has 6 heteroatoms. The maximum atomic E-state index is 12.2. The molecule has 0 saturated carbocycles. The first-order valence-electron chi connectivity index (χ1n) is 7.32. The molecule has 0 spiro atoms. The van der Waals surface area contributed by atoms with Crippen molar-refractivity contribution in [2.75, 3.05) is 25.4 Å². The average Bonchev–Trinajstić information content (AvgIpc) is 2.83. The lowest BCUT2D eigenvalue weighted by Crippen LogP contribution is -2.50. The van der Waals surface area contributed by atoms with Gasteiger partial charge in [0.15, 0.2) is 0 Å². The maximum Gasteiger partial charge on any atom is 0.222 e. The standard InChI is InChI=1S/C13H24N2O3S/c1-2-3-10-19(17,18)14-8-4-6-12(11-14)15-9-5-7-13(15)16/h12H,2-11H2,1H3/t12-/m1/s1. The molecular formula is C13H24N2O3S. The van der Waals surface area contributed by atoms with E-state index in [1.54, 1.807) is 4.31 Å². The summed E-state index contributed by atoms with van der Waals surface area (Å²) in [4.78, 5) is 13.7. The van der Waals surface area contributed by atoms with E-state index in [4.69, 9.17) is 0 Å². The van der Waals surface area contributed by atoms with Crippen molar-refractivity contribution in [1.82, 2.24) is 9.21 Å². The van der Waals surface area contributed by atoms with E-state index in [2.05, 4.69) is 0 Å². The number of unbranched alkanes of at least 4 members (excludes halogenated alkanes) is 1. The third kappa shape index (κ3) is 3.48. The molecule has 2 rings (SSSR count). The third-order valence-electron chi connectivity index (χ3n) is 4.06. The highest BCUT2D eigenvalue weighted by Crippen LogP contribution is 2.23. The molecule has 1 atom stereocenters. The minimum absolute atomic E-state index is 0.0974.